The molecule has 5 nitrogen and oxygen atoms in total. The third-order valence-corrected chi connectivity index (χ3v) is 5.68. The molecule has 0 aromatic heterocycles. The van der Waals surface area contributed by atoms with Gasteiger partial charge in [-0.2, -0.15) is 11.8 Å². The molecular formula is C14H21NO4S2. The topological polar surface area (TPSA) is 83.5 Å². The second-order valence-corrected chi connectivity index (χ2v) is 7.78. The number of thioether (sulfide) groups is 1. The number of aromatic carboxylic acids is 1. The Kier molecular flexibility index (Phi) is 6.24. The lowest BCUT2D eigenvalue weighted by Crippen LogP contribution is -2.30. The molecule has 118 valence electrons. The highest BCUT2D eigenvalue weighted by Gasteiger charge is 2.21. The third-order valence-electron chi connectivity index (χ3n) is 3.23. The minimum Gasteiger partial charge on any atom is -0.478 e. The molecule has 1 rings (SSSR count). The van der Waals surface area contributed by atoms with E-state index in [0.717, 1.165) is 5.75 Å². The van der Waals surface area contributed by atoms with Gasteiger partial charge < -0.3 is 5.11 Å². The third kappa shape index (κ3) is 4.72. The van der Waals surface area contributed by atoms with Gasteiger partial charge >= 0.3 is 5.97 Å². The van der Waals surface area contributed by atoms with Gasteiger partial charge in [0.05, 0.1) is 10.5 Å². The first-order valence-electron chi connectivity index (χ1n) is 6.52. The summed E-state index contributed by atoms with van der Waals surface area (Å²) in [5.74, 6) is -0.0699. The fourth-order valence-electron chi connectivity index (χ4n) is 1.90. The van der Waals surface area contributed by atoms with Crippen molar-refractivity contribution in [3.63, 3.8) is 0 Å². The molecule has 0 bridgehead atoms. The van der Waals surface area contributed by atoms with Gasteiger partial charge in [0.25, 0.3) is 0 Å². The van der Waals surface area contributed by atoms with Crippen LogP contribution in [0.1, 0.15) is 28.4 Å². The standard InChI is InChI=1S/C14H21NO4S2/c1-9(8-20-4)7-15-21(18,19)13-6-12(14(16)17)5-10(2)11(13)3/h5-6,9,15H,7-8H2,1-4H3,(H,16,17). The molecule has 0 fully saturated rings. The van der Waals surface area contributed by atoms with Crippen LogP contribution in [0.4, 0.5) is 0 Å². The number of sulfonamides is 1. The lowest BCUT2D eigenvalue weighted by Gasteiger charge is -2.15. The second kappa shape index (κ2) is 7.29. The molecule has 1 unspecified atom stereocenters. The summed E-state index contributed by atoms with van der Waals surface area (Å²) in [6.07, 6.45) is 1.97. The van der Waals surface area contributed by atoms with Crippen LogP contribution in [-0.4, -0.2) is 38.0 Å². The van der Waals surface area contributed by atoms with Crippen LogP contribution in [0.5, 0.6) is 0 Å². The predicted molar refractivity (Wildman–Crippen MR) is 85.6 cm³/mol. The normalized spacial score (nSPS) is 13.1. The Labute approximate surface area is 130 Å². The van der Waals surface area contributed by atoms with Gasteiger partial charge in [0.1, 0.15) is 0 Å². The number of hydrogen-bond donors (Lipinski definition) is 2. The van der Waals surface area contributed by atoms with Crippen molar-refractivity contribution in [3.05, 3.63) is 28.8 Å². The Hall–Kier alpha value is -1.05. The van der Waals surface area contributed by atoms with Crippen LogP contribution < -0.4 is 4.72 Å². The van der Waals surface area contributed by atoms with Crippen molar-refractivity contribution in [3.8, 4) is 0 Å². The Morgan fingerprint density at radius 3 is 2.52 bits per heavy atom. The summed E-state index contributed by atoms with van der Waals surface area (Å²) in [6.45, 7) is 5.68. The summed E-state index contributed by atoms with van der Waals surface area (Å²) in [7, 11) is -3.71. The molecule has 7 heteroatoms. The lowest BCUT2D eigenvalue weighted by molar-refractivity contribution is 0.0696. The number of rotatable bonds is 7. The molecule has 1 aromatic carbocycles. The molecule has 0 spiro atoms. The number of carbonyl (C=O) groups is 1. The van der Waals surface area contributed by atoms with E-state index in [-0.39, 0.29) is 16.4 Å². The Bertz CT molecular complexity index is 626. The first kappa shape index (κ1) is 18.0. The first-order valence-corrected chi connectivity index (χ1v) is 9.40. The van der Waals surface area contributed by atoms with E-state index in [4.69, 9.17) is 5.11 Å². The van der Waals surface area contributed by atoms with Crippen molar-refractivity contribution in [2.24, 2.45) is 5.92 Å². The maximum absolute atomic E-state index is 12.4. The molecule has 21 heavy (non-hydrogen) atoms. The summed E-state index contributed by atoms with van der Waals surface area (Å²) in [4.78, 5) is 11.1. The fourth-order valence-corrected chi connectivity index (χ4v) is 4.10. The molecule has 0 aliphatic rings. The average Bonchev–Trinajstić information content (AvgIpc) is 2.39. The maximum atomic E-state index is 12.4. The lowest BCUT2D eigenvalue weighted by atomic mass is 10.1. The minimum atomic E-state index is -3.71. The zero-order valence-corrected chi connectivity index (χ0v) is 14.3. The summed E-state index contributed by atoms with van der Waals surface area (Å²) in [5, 5.41) is 9.06. The summed E-state index contributed by atoms with van der Waals surface area (Å²) in [6, 6.07) is 2.69. The highest BCUT2D eigenvalue weighted by molar-refractivity contribution is 7.98. The van der Waals surface area contributed by atoms with Crippen molar-refractivity contribution in [2.75, 3.05) is 18.6 Å². The predicted octanol–water partition coefficient (Wildman–Crippen LogP) is 2.28. The zero-order chi connectivity index (χ0) is 16.2. The molecule has 0 aliphatic carbocycles. The number of aryl methyl sites for hydroxylation is 1. The van der Waals surface area contributed by atoms with Gasteiger partial charge in [-0.25, -0.2) is 17.9 Å². The largest absolute Gasteiger partial charge is 0.478 e. The van der Waals surface area contributed by atoms with Crippen molar-refractivity contribution >= 4 is 27.8 Å². The van der Waals surface area contributed by atoms with E-state index in [1.165, 1.54) is 12.1 Å². The molecule has 1 aromatic rings. The molecule has 0 saturated heterocycles. The smallest absolute Gasteiger partial charge is 0.335 e. The minimum absolute atomic E-state index is 0.0179. The van der Waals surface area contributed by atoms with Gasteiger partial charge in [-0.05, 0) is 55.0 Å². The molecule has 0 radical (unpaired) electrons. The van der Waals surface area contributed by atoms with Crippen LogP contribution in [0, 0.1) is 19.8 Å². The number of carboxylic acid groups (broad SMARTS) is 1. The summed E-state index contributed by atoms with van der Waals surface area (Å²) < 4.78 is 27.3. The number of nitrogens with one attached hydrogen (secondary N) is 1. The van der Waals surface area contributed by atoms with Gasteiger partial charge in [-0.3, -0.25) is 0 Å². The summed E-state index contributed by atoms with van der Waals surface area (Å²) in [5.41, 5.74) is 1.20. The van der Waals surface area contributed by atoms with Crippen LogP contribution in [0.25, 0.3) is 0 Å². The molecule has 0 heterocycles. The SMILES string of the molecule is CSCC(C)CNS(=O)(=O)c1cc(C(=O)O)cc(C)c1C. The van der Waals surface area contributed by atoms with E-state index in [1.54, 1.807) is 25.6 Å². The van der Waals surface area contributed by atoms with E-state index in [1.807, 2.05) is 13.2 Å². The zero-order valence-electron chi connectivity index (χ0n) is 12.6. The molecule has 2 N–H and O–H groups in total. The van der Waals surface area contributed by atoms with Gasteiger partial charge in [0, 0.05) is 6.54 Å². The van der Waals surface area contributed by atoms with E-state index in [9.17, 15) is 13.2 Å². The van der Waals surface area contributed by atoms with Crippen LogP contribution in [0.3, 0.4) is 0 Å². The number of carboxylic acids is 1. The Morgan fingerprint density at radius 1 is 1.38 bits per heavy atom. The molecule has 1 atom stereocenters. The monoisotopic (exact) mass is 331 g/mol. The van der Waals surface area contributed by atoms with Crippen LogP contribution in [0.2, 0.25) is 0 Å². The molecule has 0 aliphatic heterocycles. The van der Waals surface area contributed by atoms with Crippen molar-refractivity contribution < 1.29 is 18.3 Å². The van der Waals surface area contributed by atoms with Gasteiger partial charge in [-0.15, -0.1) is 0 Å². The van der Waals surface area contributed by atoms with Gasteiger partial charge in [0.15, 0.2) is 0 Å². The van der Waals surface area contributed by atoms with Crippen molar-refractivity contribution in [1.82, 2.24) is 4.72 Å². The quantitative estimate of drug-likeness (QED) is 0.801. The van der Waals surface area contributed by atoms with Crippen LogP contribution in [-0.2, 0) is 10.0 Å². The van der Waals surface area contributed by atoms with E-state index >= 15 is 0 Å². The maximum Gasteiger partial charge on any atom is 0.335 e. The van der Waals surface area contributed by atoms with E-state index < -0.39 is 16.0 Å². The Morgan fingerprint density at radius 2 is 2.00 bits per heavy atom. The van der Waals surface area contributed by atoms with Crippen LogP contribution in [0.15, 0.2) is 17.0 Å². The van der Waals surface area contributed by atoms with Gasteiger partial charge in [-0.1, -0.05) is 6.92 Å². The molecule has 0 saturated carbocycles. The van der Waals surface area contributed by atoms with Gasteiger partial charge in [0.2, 0.25) is 10.0 Å². The van der Waals surface area contributed by atoms with Crippen molar-refractivity contribution in [2.45, 2.75) is 25.7 Å². The van der Waals surface area contributed by atoms with Crippen LogP contribution >= 0.6 is 11.8 Å². The fraction of sp³-hybridized carbons (Fsp3) is 0.500. The average molecular weight is 331 g/mol. The number of hydrogen-bond acceptors (Lipinski definition) is 4. The van der Waals surface area contributed by atoms with E-state index in [2.05, 4.69) is 4.72 Å². The highest BCUT2D eigenvalue weighted by atomic mass is 32.2. The first-order chi connectivity index (χ1) is 9.69. The second-order valence-electron chi connectivity index (χ2n) is 5.13. The molecular weight excluding hydrogens is 310 g/mol. The molecule has 0 amide bonds. The number of benzene rings is 1. The highest BCUT2D eigenvalue weighted by Crippen LogP contribution is 2.21. The van der Waals surface area contributed by atoms with E-state index in [0.29, 0.717) is 17.7 Å². The Balaban J connectivity index is 3.10. The van der Waals surface area contributed by atoms with Crippen molar-refractivity contribution in [1.29, 1.82) is 0 Å². The summed E-state index contributed by atoms with van der Waals surface area (Å²) >= 11 is 1.66.